The van der Waals surface area contributed by atoms with Gasteiger partial charge in [0.2, 0.25) is 0 Å². The van der Waals surface area contributed by atoms with E-state index in [1.54, 1.807) is 12.1 Å². The summed E-state index contributed by atoms with van der Waals surface area (Å²) >= 11 is 4.54. The molecule has 0 aliphatic heterocycles. The molecule has 0 bridgehead atoms. The minimum Gasteiger partial charge on any atom is -0.591 e. The smallest absolute Gasteiger partial charge is 0.144 e. The number of hydrogen-bond donors (Lipinski definition) is 0. The van der Waals surface area contributed by atoms with Gasteiger partial charge in [-0.2, -0.15) is 0 Å². The lowest BCUT2D eigenvalue weighted by Gasteiger charge is -2.17. The molecule has 4 nitrogen and oxygen atoms in total. The highest BCUT2D eigenvalue weighted by atomic mass is 35.5. The van der Waals surface area contributed by atoms with Crippen LogP contribution in [0.1, 0.15) is 26.5 Å². The Labute approximate surface area is 126 Å². The van der Waals surface area contributed by atoms with Crippen molar-refractivity contribution in [3.63, 3.8) is 0 Å². The van der Waals surface area contributed by atoms with Gasteiger partial charge < -0.3 is 9.08 Å². The third kappa shape index (κ3) is 3.62. The summed E-state index contributed by atoms with van der Waals surface area (Å²) in [6.07, 6.45) is 3.01. The summed E-state index contributed by atoms with van der Waals surface area (Å²) in [5.74, 6) is 0. The van der Waals surface area contributed by atoms with Crippen LogP contribution in [0.25, 0.3) is 11.1 Å². The SMILES string of the molecule is CC(C)(C)[S@+]([O-])N=Cc1nocc1-c1ccc(Cl)cc1. The first-order valence-corrected chi connectivity index (χ1v) is 7.53. The maximum absolute atomic E-state index is 11.9. The van der Waals surface area contributed by atoms with Gasteiger partial charge in [0.25, 0.3) is 0 Å². The number of nitrogens with zero attached hydrogens (tertiary/aromatic N) is 2. The molecule has 106 valence electrons. The van der Waals surface area contributed by atoms with E-state index in [2.05, 4.69) is 9.55 Å². The molecule has 0 aliphatic rings. The molecule has 0 saturated carbocycles. The van der Waals surface area contributed by atoms with Crippen LogP contribution in [0.4, 0.5) is 0 Å². The zero-order chi connectivity index (χ0) is 14.8. The Kier molecular flexibility index (Phi) is 4.52. The Morgan fingerprint density at radius 1 is 1.30 bits per heavy atom. The van der Waals surface area contributed by atoms with Crippen molar-refractivity contribution in [2.45, 2.75) is 25.5 Å². The molecule has 0 fully saturated rings. The van der Waals surface area contributed by atoms with Crippen LogP contribution in [0, 0.1) is 0 Å². The molecule has 0 aliphatic carbocycles. The van der Waals surface area contributed by atoms with Crippen LogP contribution in [-0.2, 0) is 11.4 Å². The molecule has 1 heterocycles. The Morgan fingerprint density at radius 2 is 1.95 bits per heavy atom. The van der Waals surface area contributed by atoms with Crippen LogP contribution in [0.15, 0.2) is 39.4 Å². The normalized spacial score (nSPS) is 13.8. The van der Waals surface area contributed by atoms with Gasteiger partial charge in [-0.1, -0.05) is 33.3 Å². The second-order valence-electron chi connectivity index (χ2n) is 5.22. The van der Waals surface area contributed by atoms with Crippen LogP contribution in [0.5, 0.6) is 0 Å². The topological polar surface area (TPSA) is 61.5 Å². The lowest BCUT2D eigenvalue weighted by Crippen LogP contribution is -2.25. The maximum Gasteiger partial charge on any atom is 0.144 e. The van der Waals surface area contributed by atoms with Gasteiger partial charge in [0.15, 0.2) is 0 Å². The van der Waals surface area contributed by atoms with E-state index in [1.807, 2.05) is 32.9 Å². The van der Waals surface area contributed by atoms with E-state index in [-0.39, 0.29) is 0 Å². The third-order valence-corrected chi connectivity index (χ3v) is 4.14. The van der Waals surface area contributed by atoms with E-state index in [0.717, 1.165) is 11.1 Å². The number of aromatic nitrogens is 1. The van der Waals surface area contributed by atoms with Gasteiger partial charge in [-0.3, -0.25) is 0 Å². The summed E-state index contributed by atoms with van der Waals surface area (Å²) in [6, 6.07) is 7.32. The van der Waals surface area contributed by atoms with Crippen molar-refractivity contribution < 1.29 is 9.08 Å². The molecule has 0 saturated heterocycles. The summed E-state index contributed by atoms with van der Waals surface area (Å²) in [7, 11) is 0. The highest BCUT2D eigenvalue weighted by molar-refractivity contribution is 7.91. The standard InChI is InChI=1S/C14H15ClN2O2S/c1-14(2,3)20(18)16-8-13-12(9-19-17-13)10-4-6-11(15)7-5-10/h4-9H,1-3H3/t20-/m0/s1. The predicted molar refractivity (Wildman–Crippen MR) is 82.4 cm³/mol. The molecule has 0 amide bonds. The summed E-state index contributed by atoms with van der Waals surface area (Å²) in [4.78, 5) is 0. The Bertz CT molecular complexity index is 602. The van der Waals surface area contributed by atoms with Crippen molar-refractivity contribution in [2.75, 3.05) is 0 Å². The molecule has 1 aromatic heterocycles. The van der Waals surface area contributed by atoms with Gasteiger partial charge in [-0.05, 0) is 38.5 Å². The zero-order valence-electron chi connectivity index (χ0n) is 11.5. The van der Waals surface area contributed by atoms with Crippen molar-refractivity contribution in [3.8, 4) is 11.1 Å². The Morgan fingerprint density at radius 3 is 2.55 bits per heavy atom. The molecule has 0 N–H and O–H groups in total. The first kappa shape index (κ1) is 15.1. The van der Waals surface area contributed by atoms with E-state index in [4.69, 9.17) is 16.1 Å². The molecule has 0 spiro atoms. The molecule has 6 heteroatoms. The molecule has 0 unspecified atom stereocenters. The number of rotatable bonds is 3. The third-order valence-electron chi connectivity index (χ3n) is 2.55. The molecule has 0 radical (unpaired) electrons. The predicted octanol–water partition coefficient (Wildman–Crippen LogP) is 3.88. The summed E-state index contributed by atoms with van der Waals surface area (Å²) in [5.41, 5.74) is 2.25. The fraction of sp³-hybridized carbons (Fsp3) is 0.286. The van der Waals surface area contributed by atoms with E-state index >= 15 is 0 Å². The van der Waals surface area contributed by atoms with E-state index < -0.39 is 16.1 Å². The molecule has 2 aromatic rings. The zero-order valence-corrected chi connectivity index (χ0v) is 13.0. The van der Waals surface area contributed by atoms with Crippen LogP contribution >= 0.6 is 11.6 Å². The van der Waals surface area contributed by atoms with E-state index in [1.165, 1.54) is 12.5 Å². The average Bonchev–Trinajstić information content (AvgIpc) is 2.84. The minimum atomic E-state index is -1.32. The van der Waals surface area contributed by atoms with Gasteiger partial charge in [-0.25, -0.2) is 0 Å². The monoisotopic (exact) mass is 310 g/mol. The highest BCUT2D eigenvalue weighted by Gasteiger charge is 2.26. The van der Waals surface area contributed by atoms with Gasteiger partial charge in [0, 0.05) is 5.02 Å². The van der Waals surface area contributed by atoms with Crippen molar-refractivity contribution in [1.82, 2.24) is 5.16 Å². The van der Waals surface area contributed by atoms with Gasteiger partial charge in [-0.15, -0.1) is 0 Å². The number of hydrogen-bond acceptors (Lipinski definition) is 4. The fourth-order valence-corrected chi connectivity index (χ4v) is 2.08. The van der Waals surface area contributed by atoms with Crippen molar-refractivity contribution in [3.05, 3.63) is 41.2 Å². The Balaban J connectivity index is 2.25. The summed E-state index contributed by atoms with van der Waals surface area (Å²) in [6.45, 7) is 5.59. The number of benzene rings is 1. The van der Waals surface area contributed by atoms with Gasteiger partial charge in [0.05, 0.1) is 5.56 Å². The molecule has 1 atom stereocenters. The van der Waals surface area contributed by atoms with E-state index in [0.29, 0.717) is 10.7 Å². The first-order valence-electron chi connectivity index (χ1n) is 6.04. The number of halogens is 1. The van der Waals surface area contributed by atoms with Gasteiger partial charge in [0.1, 0.15) is 34.3 Å². The maximum atomic E-state index is 11.9. The van der Waals surface area contributed by atoms with Crippen molar-refractivity contribution in [1.29, 1.82) is 0 Å². The van der Waals surface area contributed by atoms with E-state index in [9.17, 15) is 4.55 Å². The quantitative estimate of drug-likeness (QED) is 0.638. The second-order valence-corrected chi connectivity index (χ2v) is 7.59. The lowest BCUT2D eigenvalue weighted by molar-refractivity contribution is 0.419. The minimum absolute atomic E-state index is 0.402. The molecule has 2 rings (SSSR count). The average molecular weight is 311 g/mol. The molecular formula is C14H15ClN2O2S. The lowest BCUT2D eigenvalue weighted by atomic mass is 10.1. The van der Waals surface area contributed by atoms with Gasteiger partial charge >= 0.3 is 0 Å². The Hall–Kier alpha value is -1.30. The second kappa shape index (κ2) is 5.99. The molecule has 20 heavy (non-hydrogen) atoms. The van der Waals surface area contributed by atoms with Crippen LogP contribution < -0.4 is 0 Å². The largest absolute Gasteiger partial charge is 0.591 e. The van der Waals surface area contributed by atoms with Crippen molar-refractivity contribution >= 4 is 29.2 Å². The molecule has 1 aromatic carbocycles. The first-order chi connectivity index (χ1) is 9.38. The summed E-state index contributed by atoms with van der Waals surface area (Å²) < 4.78 is 20.5. The summed E-state index contributed by atoms with van der Waals surface area (Å²) in [5, 5.41) is 4.54. The van der Waals surface area contributed by atoms with Crippen LogP contribution in [0.3, 0.4) is 0 Å². The van der Waals surface area contributed by atoms with Crippen molar-refractivity contribution in [2.24, 2.45) is 4.40 Å². The molecular weight excluding hydrogens is 296 g/mol. The highest BCUT2D eigenvalue weighted by Crippen LogP contribution is 2.24. The fourth-order valence-electron chi connectivity index (χ4n) is 1.44. The van der Waals surface area contributed by atoms with Crippen LogP contribution in [0.2, 0.25) is 5.02 Å². The van der Waals surface area contributed by atoms with Crippen LogP contribution in [-0.4, -0.2) is 20.7 Å².